The second kappa shape index (κ2) is 11.8. The zero-order valence-corrected chi connectivity index (χ0v) is 22.5. The summed E-state index contributed by atoms with van der Waals surface area (Å²) in [6.45, 7) is 3.34. The van der Waals surface area contributed by atoms with Gasteiger partial charge in [0.05, 0.1) is 10.6 Å². The summed E-state index contributed by atoms with van der Waals surface area (Å²) in [5, 5.41) is 11.5. The first-order valence-electron chi connectivity index (χ1n) is 12.7. The first-order chi connectivity index (χ1) is 17.2. The van der Waals surface area contributed by atoms with E-state index in [1.807, 2.05) is 18.2 Å². The Morgan fingerprint density at radius 2 is 1.61 bits per heavy atom. The molecule has 2 fully saturated rings. The molecule has 194 valence electrons. The Bertz CT molecular complexity index is 1080. The van der Waals surface area contributed by atoms with Gasteiger partial charge in [0.25, 0.3) is 11.8 Å². The number of aliphatic hydroxyl groups excluding tert-OH is 1. The van der Waals surface area contributed by atoms with Gasteiger partial charge in [0, 0.05) is 51.0 Å². The molecule has 0 bridgehead atoms. The number of amides is 2. The Morgan fingerprint density at radius 1 is 0.972 bits per heavy atom. The van der Waals surface area contributed by atoms with E-state index >= 15 is 0 Å². The van der Waals surface area contributed by atoms with E-state index in [2.05, 4.69) is 4.90 Å². The lowest BCUT2D eigenvalue weighted by Crippen LogP contribution is -2.42. The molecule has 2 heterocycles. The number of hydrogen-bond acceptors (Lipinski definition) is 4. The van der Waals surface area contributed by atoms with Crippen LogP contribution in [0.25, 0.3) is 0 Å². The molecule has 1 unspecified atom stereocenters. The van der Waals surface area contributed by atoms with Crippen LogP contribution in [0.5, 0.6) is 0 Å². The van der Waals surface area contributed by atoms with Crippen molar-refractivity contribution in [3.05, 3.63) is 63.6 Å². The molecule has 2 aromatic carbocycles. The van der Waals surface area contributed by atoms with Gasteiger partial charge in [0.2, 0.25) is 0 Å². The Labute approximate surface area is 223 Å². The van der Waals surface area contributed by atoms with Gasteiger partial charge in [-0.05, 0) is 79.8 Å². The Kier molecular flexibility index (Phi) is 8.81. The summed E-state index contributed by atoms with van der Waals surface area (Å²) in [6, 6.07) is 12.6. The maximum atomic E-state index is 12.8. The molecule has 36 heavy (non-hydrogen) atoms. The van der Waals surface area contributed by atoms with Gasteiger partial charge in [0.1, 0.15) is 0 Å². The van der Waals surface area contributed by atoms with Gasteiger partial charge >= 0.3 is 0 Å². The first kappa shape index (κ1) is 26.8. The van der Waals surface area contributed by atoms with Crippen LogP contribution in [0.15, 0.2) is 42.5 Å². The molecule has 1 atom stereocenters. The fourth-order valence-corrected chi connectivity index (χ4v) is 5.85. The number of anilines is 1. The highest BCUT2D eigenvalue weighted by Gasteiger charge is 2.30. The van der Waals surface area contributed by atoms with Crippen molar-refractivity contribution in [3.63, 3.8) is 0 Å². The van der Waals surface area contributed by atoms with Crippen molar-refractivity contribution in [3.8, 4) is 0 Å². The van der Waals surface area contributed by atoms with E-state index in [1.54, 1.807) is 43.3 Å². The number of carbonyl (C=O) groups is 2. The van der Waals surface area contributed by atoms with Crippen LogP contribution in [-0.4, -0.2) is 67.0 Å². The zero-order chi connectivity index (χ0) is 25.8. The highest BCUT2D eigenvalue weighted by molar-refractivity contribution is 6.34. The summed E-state index contributed by atoms with van der Waals surface area (Å²) in [7, 11) is 3.45. The van der Waals surface area contributed by atoms with Crippen LogP contribution in [0, 0.1) is 11.8 Å². The Hall–Kier alpha value is -2.28. The van der Waals surface area contributed by atoms with E-state index < -0.39 is 6.10 Å². The molecular weight excluding hydrogens is 497 g/mol. The molecule has 1 N–H and O–H groups in total. The molecule has 2 aromatic rings. The predicted molar refractivity (Wildman–Crippen MR) is 145 cm³/mol. The molecule has 2 aliphatic heterocycles. The van der Waals surface area contributed by atoms with Crippen LogP contribution in [0.2, 0.25) is 10.0 Å². The van der Waals surface area contributed by atoms with Gasteiger partial charge in [0.15, 0.2) is 6.10 Å². The van der Waals surface area contributed by atoms with Gasteiger partial charge < -0.3 is 19.8 Å². The van der Waals surface area contributed by atoms with Crippen LogP contribution < -0.4 is 4.90 Å². The van der Waals surface area contributed by atoms with Gasteiger partial charge in [-0.3, -0.25) is 9.59 Å². The molecule has 2 aliphatic rings. The minimum Gasteiger partial charge on any atom is -0.378 e. The summed E-state index contributed by atoms with van der Waals surface area (Å²) in [4.78, 5) is 30.7. The molecule has 0 spiro atoms. The number of hydrogen-bond donors (Lipinski definition) is 1. The summed E-state index contributed by atoms with van der Waals surface area (Å²) < 4.78 is 0. The summed E-state index contributed by atoms with van der Waals surface area (Å²) in [5.41, 5.74) is 2.14. The lowest BCUT2D eigenvalue weighted by atomic mass is 9.82. The van der Waals surface area contributed by atoms with E-state index in [9.17, 15) is 14.7 Å². The second-order valence-electron chi connectivity index (χ2n) is 10.3. The first-order valence-corrected chi connectivity index (χ1v) is 13.5. The number of likely N-dealkylation sites (tertiary alicyclic amines) is 1. The van der Waals surface area contributed by atoms with Crippen molar-refractivity contribution in [1.29, 1.82) is 0 Å². The highest BCUT2D eigenvalue weighted by Crippen LogP contribution is 2.33. The van der Waals surface area contributed by atoms with Crippen molar-refractivity contribution in [2.75, 3.05) is 45.2 Å². The summed E-state index contributed by atoms with van der Waals surface area (Å²) in [6.07, 6.45) is 4.24. The Morgan fingerprint density at radius 3 is 2.19 bits per heavy atom. The van der Waals surface area contributed by atoms with E-state index in [-0.39, 0.29) is 11.8 Å². The predicted octanol–water partition coefficient (Wildman–Crippen LogP) is 5.27. The third kappa shape index (κ3) is 6.34. The number of benzene rings is 2. The lowest BCUT2D eigenvalue weighted by molar-refractivity contribution is -0.142. The number of nitrogens with zero attached hydrogens (tertiary/aromatic N) is 3. The molecule has 4 rings (SSSR count). The number of carbonyl (C=O) groups excluding carboxylic acids is 2. The standard InChI is InChI=1S/C28H35Cl2N3O3/c1-31(2)27(35)24-7-6-23(18-25(24)30)32-12-8-19(9-13-32)16-20-10-14-33(15-11-20)28(36)26(34)21-4-3-5-22(29)17-21/h3-7,17-20,26,34H,8-16H2,1-2H3. The van der Waals surface area contributed by atoms with Crippen molar-refractivity contribution in [2.24, 2.45) is 11.8 Å². The average Bonchev–Trinajstić information content (AvgIpc) is 2.88. The van der Waals surface area contributed by atoms with Gasteiger partial charge in [-0.2, -0.15) is 0 Å². The van der Waals surface area contributed by atoms with E-state index in [0.29, 0.717) is 46.1 Å². The van der Waals surface area contributed by atoms with E-state index in [4.69, 9.17) is 23.2 Å². The monoisotopic (exact) mass is 531 g/mol. The molecule has 6 nitrogen and oxygen atoms in total. The number of aliphatic hydroxyl groups is 1. The molecule has 2 saturated heterocycles. The third-order valence-corrected chi connectivity index (χ3v) is 8.11. The normalized spacial score (nSPS) is 18.2. The maximum absolute atomic E-state index is 12.8. The van der Waals surface area contributed by atoms with E-state index in [1.165, 1.54) is 11.3 Å². The highest BCUT2D eigenvalue weighted by atomic mass is 35.5. The molecular formula is C28H35Cl2N3O3. The van der Waals surface area contributed by atoms with Gasteiger partial charge in [-0.1, -0.05) is 35.3 Å². The van der Waals surface area contributed by atoms with Crippen molar-refractivity contribution >= 4 is 40.7 Å². The van der Waals surface area contributed by atoms with E-state index in [0.717, 1.165) is 44.5 Å². The molecule has 2 amide bonds. The summed E-state index contributed by atoms with van der Waals surface area (Å²) >= 11 is 12.4. The lowest BCUT2D eigenvalue weighted by Gasteiger charge is -2.38. The van der Waals surface area contributed by atoms with Gasteiger partial charge in [-0.15, -0.1) is 0 Å². The minimum atomic E-state index is -1.16. The quantitative estimate of drug-likeness (QED) is 0.551. The fourth-order valence-electron chi connectivity index (χ4n) is 5.39. The van der Waals surface area contributed by atoms with Crippen molar-refractivity contribution in [2.45, 2.75) is 38.2 Å². The van der Waals surface area contributed by atoms with Gasteiger partial charge in [-0.25, -0.2) is 0 Å². The van der Waals surface area contributed by atoms with Crippen LogP contribution in [0.4, 0.5) is 5.69 Å². The van der Waals surface area contributed by atoms with Crippen LogP contribution in [0.1, 0.15) is 54.1 Å². The second-order valence-corrected chi connectivity index (χ2v) is 11.1. The summed E-state index contributed by atoms with van der Waals surface area (Å²) in [5.74, 6) is 0.966. The van der Waals surface area contributed by atoms with Crippen molar-refractivity contribution in [1.82, 2.24) is 9.80 Å². The van der Waals surface area contributed by atoms with Crippen LogP contribution in [0.3, 0.4) is 0 Å². The van der Waals surface area contributed by atoms with Crippen LogP contribution in [-0.2, 0) is 4.79 Å². The molecule has 0 saturated carbocycles. The largest absolute Gasteiger partial charge is 0.378 e. The molecule has 0 aliphatic carbocycles. The van der Waals surface area contributed by atoms with Crippen LogP contribution >= 0.6 is 23.2 Å². The number of piperidine rings is 2. The smallest absolute Gasteiger partial charge is 0.256 e. The zero-order valence-electron chi connectivity index (χ0n) is 21.0. The molecule has 0 radical (unpaired) electrons. The third-order valence-electron chi connectivity index (χ3n) is 7.56. The topological polar surface area (TPSA) is 64.1 Å². The number of halogens is 2. The SMILES string of the molecule is CN(C)C(=O)c1ccc(N2CCC(CC3CCN(C(=O)C(O)c4cccc(Cl)c4)CC3)CC2)cc1Cl. The Balaban J connectivity index is 1.23. The minimum absolute atomic E-state index is 0.0861. The molecule has 0 aromatic heterocycles. The maximum Gasteiger partial charge on any atom is 0.256 e. The van der Waals surface area contributed by atoms with Crippen molar-refractivity contribution < 1.29 is 14.7 Å². The fraction of sp³-hybridized carbons (Fsp3) is 0.500. The molecule has 8 heteroatoms. The average molecular weight is 533 g/mol. The number of rotatable bonds is 6.